The summed E-state index contributed by atoms with van der Waals surface area (Å²) >= 11 is 6.45. The van der Waals surface area contributed by atoms with Crippen molar-refractivity contribution >= 4 is 78.2 Å². The maximum Gasteiger partial charge on any atom is 2.00 e. The van der Waals surface area contributed by atoms with Crippen LogP contribution in [0.3, 0.4) is 0 Å². The van der Waals surface area contributed by atoms with E-state index in [0.717, 1.165) is 19.0 Å². The maximum absolute atomic E-state index is 12.3. The number of nitrogens with zero attached hydrogens (tertiary/aromatic N) is 6. The molecule has 677 valence electrons. The first-order valence-corrected chi connectivity index (χ1v) is 28.6. The number of rotatable bonds is 8. The Morgan fingerprint density at radius 2 is 0.436 bits per heavy atom. The number of halogens is 38. The van der Waals surface area contributed by atoms with Crippen LogP contribution in [0.15, 0.2) is 117 Å². The summed E-state index contributed by atoms with van der Waals surface area (Å²) in [7, 11) is 0. The van der Waals surface area contributed by atoms with Crippen LogP contribution in [0.5, 0.6) is 0 Å². The van der Waals surface area contributed by atoms with Gasteiger partial charge in [0.15, 0.2) is 0 Å². The predicted molar refractivity (Wildman–Crippen MR) is 294 cm³/mol. The molecule has 0 saturated heterocycles. The van der Waals surface area contributed by atoms with Gasteiger partial charge in [0, 0.05) is 77.6 Å². The Kier molecular flexibility index (Phi) is 45.4. The van der Waals surface area contributed by atoms with E-state index in [1.54, 1.807) is 79.7 Å². The molecule has 0 bridgehead atoms. The maximum atomic E-state index is 12.3. The molecule has 0 unspecified atom stereocenters. The summed E-state index contributed by atoms with van der Waals surface area (Å²) in [5.41, 5.74) is -2.12. The van der Waals surface area contributed by atoms with Gasteiger partial charge < -0.3 is 41.1 Å². The average molecular weight is 2060 g/mol. The van der Waals surface area contributed by atoms with Crippen molar-refractivity contribution in [2.75, 3.05) is 0 Å². The molecule has 0 saturated carbocycles. The minimum atomic E-state index is -5.46. The van der Waals surface area contributed by atoms with E-state index in [4.69, 9.17) is 0 Å². The van der Waals surface area contributed by atoms with Crippen LogP contribution in [-0.4, -0.2) is 172 Å². The Morgan fingerprint density at radius 3 is 0.521 bits per heavy atom. The zero-order valence-corrected chi connectivity index (χ0v) is 62.4. The molecule has 0 N–H and O–H groups in total. The van der Waals surface area contributed by atoms with Gasteiger partial charge >= 0.3 is 137 Å². The number of pyridine rings is 2. The Bertz CT molecular complexity index is 3560. The van der Waals surface area contributed by atoms with Crippen molar-refractivity contribution in [2.45, 2.75) is 152 Å². The Balaban J connectivity index is -0.000000237. The molecule has 22 nitrogen and oxygen atoms in total. The quantitative estimate of drug-likeness (QED) is 0.0451. The number of carbonyl (C=O) groups is 6. The first-order valence-electron chi connectivity index (χ1n) is 27.0. The number of ketones is 6. The summed E-state index contributed by atoms with van der Waals surface area (Å²) in [6, 6.07) is 6.84. The number of aromatic nitrogens is 2. The van der Waals surface area contributed by atoms with Crippen molar-refractivity contribution < 1.29 is 288 Å². The second kappa shape index (κ2) is 43.6. The molecule has 117 heavy (non-hydrogen) atoms. The zero-order valence-electron chi connectivity index (χ0n) is 56.4. The molecule has 4 rings (SSSR count). The van der Waals surface area contributed by atoms with E-state index >= 15 is 0 Å². The van der Waals surface area contributed by atoms with Gasteiger partial charge in [0.25, 0.3) is 45.8 Å². The predicted octanol–water partition coefficient (Wildman–Crippen LogP) is 10.4. The number of nitroso groups, excluding NO2 is 2. The van der Waals surface area contributed by atoms with E-state index in [1.807, 2.05) is 0 Å². The number of amidine groups is 2. The number of hydrogen-bond donors (Lipinski definition) is 0. The average Bonchev–Trinajstić information content (AvgIpc) is 1.58. The third-order valence-corrected chi connectivity index (χ3v) is 13.6. The fraction of sp³-hybridized carbons (Fsp3) is 0.444. The SMILES string of the molecule is CC1(C)[N+](=O)C(c2ccc(Br)nc2)=[N+]([O-])C1(C)C.CC1(C)[N+](=O)C(c2ccc(Br)nc2)=[N+]([O-])C1(C)C.O=C(/C=C(\[O-])C(F)(F)F)C(F)(F)F.O=C(/C=C(\[O-])C(F)(F)F)C(F)(F)F.O=C(/C=C(\[O-])C(F)(F)F)C(F)(F)F.O=C(/C=C(\[O-])C(F)(F)F)C(F)(F)F.O=C(/C=C(\[O-])C(F)(F)F)C(F)(F)F.O=C(/C=C(\[O-])C(F)(F)F)C(F)(F)F.[Cu+2].[Cu+].[Cu+]. The van der Waals surface area contributed by atoms with E-state index in [-0.39, 0.29) is 62.9 Å². The minimum Gasteiger partial charge on any atom is -0.869 e. The molecular weight excluding hydrogens is 2020 g/mol. The minimum absolute atomic E-state index is 0. The first kappa shape index (κ1) is 122. The standard InChI is InChI=1S/2C12H15BrN3O2.6C5H2F6O2.3Cu/c2*1-11(2)12(3,4)16(18)10(15(11)17)8-5-6-9(13)14-7-8;6*6-4(7,8)2(12)1-3(13)5(9,10)11;;;/h2*5-7H,1-4H3;6*1,12H;;;/q2*+1;;;;;;;2*+1;+2/p-6/b;;6*2-1-;;;. The molecule has 0 spiro atoms. The zero-order chi connectivity index (χ0) is 92.6. The van der Waals surface area contributed by atoms with Crippen molar-refractivity contribution in [2.24, 2.45) is 0 Å². The van der Waals surface area contributed by atoms with Gasteiger partial charge in [-0.2, -0.15) is 158 Å². The number of hydrogen-bond acceptors (Lipinski definition) is 18. The summed E-state index contributed by atoms with van der Waals surface area (Å²) in [5.74, 6) is -33.7. The summed E-state index contributed by atoms with van der Waals surface area (Å²) < 4.78 is 411. The number of allylic oxidation sites excluding steroid dienone is 12. The van der Waals surface area contributed by atoms with Gasteiger partial charge in [-0.15, -0.1) is 9.48 Å². The molecule has 1 radical (unpaired) electrons. The van der Waals surface area contributed by atoms with Crippen LogP contribution < -0.4 is 30.6 Å². The summed E-state index contributed by atoms with van der Waals surface area (Å²) in [6.45, 7) is 14.1. The molecule has 0 amide bonds. The van der Waals surface area contributed by atoms with E-state index in [9.17, 15) is 238 Å². The second-order valence-corrected chi connectivity index (χ2v) is 23.6. The Hall–Kier alpha value is -8.30. The molecule has 0 aromatic carbocycles. The van der Waals surface area contributed by atoms with Gasteiger partial charge in [-0.1, -0.05) is 0 Å². The van der Waals surface area contributed by atoms with Crippen LogP contribution in [0.2, 0.25) is 0 Å². The van der Waals surface area contributed by atoms with Crippen LogP contribution in [0.4, 0.5) is 158 Å². The normalized spacial score (nSPS) is 16.3. The van der Waals surface area contributed by atoms with E-state index in [1.165, 1.54) is 12.4 Å². The number of alkyl halides is 36. The van der Waals surface area contributed by atoms with Crippen LogP contribution in [0.25, 0.3) is 0 Å². The van der Waals surface area contributed by atoms with Crippen molar-refractivity contribution in [3.63, 3.8) is 0 Å². The van der Waals surface area contributed by atoms with Crippen LogP contribution in [-0.2, 0) is 80.0 Å². The molecule has 63 heteroatoms. The Morgan fingerprint density at radius 1 is 0.299 bits per heavy atom. The van der Waals surface area contributed by atoms with E-state index in [0.29, 0.717) is 20.3 Å². The molecule has 2 aliphatic heterocycles. The van der Waals surface area contributed by atoms with Crippen LogP contribution >= 0.6 is 31.9 Å². The fourth-order valence-corrected chi connectivity index (χ4v) is 5.87. The van der Waals surface area contributed by atoms with Crippen molar-refractivity contribution in [3.05, 3.63) is 148 Å². The number of hydroxylamine groups is 2. The number of carbonyl (C=O) groups excluding carboxylic acids is 6. The summed E-state index contributed by atoms with van der Waals surface area (Å²) in [6.07, 6.45) is -68.6. The monoisotopic (exact) mass is 2050 g/mol. The summed E-state index contributed by atoms with van der Waals surface area (Å²) in [4.78, 5) is 91.7. The van der Waals surface area contributed by atoms with E-state index < -0.39 is 202 Å². The van der Waals surface area contributed by atoms with Crippen molar-refractivity contribution in [3.8, 4) is 0 Å². The van der Waals surface area contributed by atoms with Crippen molar-refractivity contribution in [1.82, 2.24) is 9.97 Å². The second-order valence-electron chi connectivity index (χ2n) is 22.0. The third kappa shape index (κ3) is 39.9. The summed E-state index contributed by atoms with van der Waals surface area (Å²) in [5, 5.41) is 83.6. The molecule has 2 aliphatic rings. The Labute approximate surface area is 673 Å². The van der Waals surface area contributed by atoms with Gasteiger partial charge in [-0.25, -0.2) is 9.97 Å². The smallest absolute Gasteiger partial charge is 0.869 e. The molecule has 4 heterocycles. The van der Waals surface area contributed by atoms with Gasteiger partial charge in [-0.05, 0) is 127 Å². The largest absolute Gasteiger partial charge is 2.00 e. The van der Waals surface area contributed by atoms with Gasteiger partial charge in [0.05, 0.1) is 0 Å². The molecule has 2 aromatic rings. The fourth-order valence-electron chi connectivity index (χ4n) is 5.40. The van der Waals surface area contributed by atoms with Gasteiger partial charge in [-0.3, -0.25) is 28.8 Å². The van der Waals surface area contributed by atoms with E-state index in [2.05, 4.69) is 41.8 Å². The van der Waals surface area contributed by atoms with Gasteiger partial charge in [0.2, 0.25) is 11.1 Å². The van der Waals surface area contributed by atoms with Crippen molar-refractivity contribution in [1.29, 1.82) is 0 Å². The third-order valence-electron chi connectivity index (χ3n) is 12.7. The first-order chi connectivity index (χ1) is 49.7. The molecule has 0 fully saturated rings. The molecule has 2 aromatic heterocycles. The molecule has 0 atom stereocenters. The van der Waals surface area contributed by atoms with Gasteiger partial charge in [0.1, 0.15) is 29.9 Å². The molecule has 0 aliphatic carbocycles. The van der Waals surface area contributed by atoms with Crippen LogP contribution in [0.1, 0.15) is 66.5 Å². The van der Waals surface area contributed by atoms with Crippen LogP contribution in [0, 0.1) is 20.2 Å². The molecular formula is C54H36Br2Cu3F36N6O16. The topological polar surface area (TPSA) is 359 Å².